The van der Waals surface area contributed by atoms with Crippen LogP contribution in [0.5, 0.6) is 5.75 Å². The number of halogens is 1. The molecule has 0 fully saturated rings. The standard InChI is InChI=1S/C25H20ClNO3S/c1-2-30-21-11-7-6-10-20(21)27-24(28)22(18-12-14-19(26)15-13-18)23(25(27)29)31-16-17-8-4-3-5-9-17/h3-15H,2,16H2,1H3. The molecule has 2 amide bonds. The highest BCUT2D eigenvalue weighted by Gasteiger charge is 2.41. The summed E-state index contributed by atoms with van der Waals surface area (Å²) >= 11 is 7.41. The second-order valence-electron chi connectivity index (χ2n) is 6.83. The van der Waals surface area contributed by atoms with E-state index in [-0.39, 0.29) is 11.8 Å². The molecule has 4 rings (SSSR count). The average molecular weight is 450 g/mol. The zero-order chi connectivity index (χ0) is 21.8. The highest BCUT2D eigenvalue weighted by molar-refractivity contribution is 8.03. The Kier molecular flexibility index (Phi) is 6.44. The summed E-state index contributed by atoms with van der Waals surface area (Å²) in [5.41, 5.74) is 2.56. The smallest absolute Gasteiger partial charge is 0.272 e. The number of ether oxygens (including phenoxy) is 1. The van der Waals surface area contributed by atoms with Gasteiger partial charge in [0.1, 0.15) is 5.75 Å². The number of carbonyl (C=O) groups is 2. The van der Waals surface area contributed by atoms with Gasteiger partial charge in [-0.3, -0.25) is 9.59 Å². The fourth-order valence-corrected chi connectivity index (χ4v) is 4.58. The topological polar surface area (TPSA) is 46.6 Å². The molecular weight excluding hydrogens is 430 g/mol. The summed E-state index contributed by atoms with van der Waals surface area (Å²) in [7, 11) is 0. The zero-order valence-electron chi connectivity index (χ0n) is 16.9. The van der Waals surface area contributed by atoms with Crippen LogP contribution in [0.25, 0.3) is 5.57 Å². The lowest BCUT2D eigenvalue weighted by molar-refractivity contribution is -0.119. The molecule has 6 heteroatoms. The number of hydrogen-bond acceptors (Lipinski definition) is 4. The number of thioether (sulfide) groups is 1. The molecule has 4 nitrogen and oxygen atoms in total. The van der Waals surface area contributed by atoms with Gasteiger partial charge < -0.3 is 4.74 Å². The van der Waals surface area contributed by atoms with Crippen LogP contribution >= 0.6 is 23.4 Å². The molecular formula is C25H20ClNO3S. The molecule has 0 aliphatic carbocycles. The molecule has 0 aromatic heterocycles. The van der Waals surface area contributed by atoms with Gasteiger partial charge in [0.25, 0.3) is 11.8 Å². The molecule has 0 spiro atoms. The Bertz CT molecular complexity index is 1140. The van der Waals surface area contributed by atoms with Crippen LogP contribution in [0.2, 0.25) is 5.02 Å². The molecule has 0 N–H and O–H groups in total. The lowest BCUT2D eigenvalue weighted by atomic mass is 10.1. The van der Waals surface area contributed by atoms with Crippen LogP contribution in [0.1, 0.15) is 18.1 Å². The molecule has 0 bridgehead atoms. The molecule has 0 saturated carbocycles. The number of hydrogen-bond donors (Lipinski definition) is 0. The number of amides is 2. The van der Waals surface area contributed by atoms with E-state index in [4.69, 9.17) is 16.3 Å². The van der Waals surface area contributed by atoms with Crippen LogP contribution in [0.3, 0.4) is 0 Å². The largest absolute Gasteiger partial charge is 0.492 e. The van der Waals surface area contributed by atoms with Gasteiger partial charge in [-0.25, -0.2) is 4.90 Å². The van der Waals surface area contributed by atoms with Crippen molar-refractivity contribution in [3.05, 3.63) is 99.9 Å². The van der Waals surface area contributed by atoms with Crippen molar-refractivity contribution in [2.24, 2.45) is 0 Å². The number of benzene rings is 3. The van der Waals surface area contributed by atoms with Gasteiger partial charge in [-0.15, -0.1) is 11.8 Å². The van der Waals surface area contributed by atoms with Gasteiger partial charge in [-0.05, 0) is 42.3 Å². The van der Waals surface area contributed by atoms with Crippen molar-refractivity contribution in [1.29, 1.82) is 0 Å². The minimum atomic E-state index is -0.366. The summed E-state index contributed by atoms with van der Waals surface area (Å²) in [6.45, 7) is 2.29. The molecule has 31 heavy (non-hydrogen) atoms. The molecule has 1 aliphatic heterocycles. The minimum absolute atomic E-state index is 0.344. The summed E-state index contributed by atoms with van der Waals surface area (Å²) < 4.78 is 5.68. The molecule has 3 aromatic rings. The number of para-hydroxylation sites is 2. The first-order chi connectivity index (χ1) is 15.1. The molecule has 0 saturated heterocycles. The van der Waals surface area contributed by atoms with Crippen molar-refractivity contribution >= 4 is 46.4 Å². The second kappa shape index (κ2) is 9.41. The highest BCUT2D eigenvalue weighted by atomic mass is 35.5. The molecule has 0 atom stereocenters. The second-order valence-corrected chi connectivity index (χ2v) is 8.25. The van der Waals surface area contributed by atoms with E-state index >= 15 is 0 Å². The summed E-state index contributed by atoms with van der Waals surface area (Å²) in [4.78, 5) is 28.6. The molecule has 3 aromatic carbocycles. The maximum atomic E-state index is 13.5. The lowest BCUT2D eigenvalue weighted by Gasteiger charge is -2.18. The maximum absolute atomic E-state index is 13.5. The summed E-state index contributed by atoms with van der Waals surface area (Å²) in [6, 6.07) is 23.9. The van der Waals surface area contributed by atoms with Gasteiger partial charge in [-0.1, -0.05) is 66.2 Å². The van der Waals surface area contributed by atoms with Crippen molar-refractivity contribution in [2.75, 3.05) is 11.5 Å². The number of imide groups is 1. The number of nitrogens with zero attached hydrogens (tertiary/aromatic N) is 1. The van der Waals surface area contributed by atoms with Gasteiger partial charge in [-0.2, -0.15) is 0 Å². The maximum Gasteiger partial charge on any atom is 0.272 e. The van der Waals surface area contributed by atoms with E-state index < -0.39 is 0 Å². The van der Waals surface area contributed by atoms with Gasteiger partial charge in [0, 0.05) is 10.8 Å². The zero-order valence-corrected chi connectivity index (χ0v) is 18.5. The third-order valence-corrected chi connectivity index (χ3v) is 6.20. The van der Waals surface area contributed by atoms with Crippen molar-refractivity contribution in [1.82, 2.24) is 0 Å². The van der Waals surface area contributed by atoms with E-state index in [1.54, 1.807) is 42.5 Å². The monoisotopic (exact) mass is 449 g/mol. The normalized spacial score (nSPS) is 13.8. The number of carbonyl (C=O) groups excluding carboxylic acids is 2. The Hall–Kier alpha value is -3.02. The fourth-order valence-electron chi connectivity index (χ4n) is 3.38. The Labute approximate surface area is 190 Å². The average Bonchev–Trinajstić information content (AvgIpc) is 3.03. The number of anilines is 1. The molecule has 156 valence electrons. The van der Waals surface area contributed by atoms with Gasteiger partial charge in [0.05, 0.1) is 22.8 Å². The first-order valence-corrected chi connectivity index (χ1v) is 11.2. The van der Waals surface area contributed by atoms with E-state index in [2.05, 4.69) is 0 Å². The van der Waals surface area contributed by atoms with Crippen LogP contribution in [-0.4, -0.2) is 18.4 Å². The first kappa shape index (κ1) is 21.2. The van der Waals surface area contributed by atoms with Crippen LogP contribution < -0.4 is 9.64 Å². The van der Waals surface area contributed by atoms with Gasteiger partial charge >= 0.3 is 0 Å². The van der Waals surface area contributed by atoms with Crippen LogP contribution in [0.15, 0.2) is 83.8 Å². The Morgan fingerprint density at radius 3 is 2.26 bits per heavy atom. The summed E-state index contributed by atoms with van der Waals surface area (Å²) in [6.07, 6.45) is 0. The van der Waals surface area contributed by atoms with Crippen LogP contribution in [0, 0.1) is 0 Å². The van der Waals surface area contributed by atoms with E-state index in [0.717, 1.165) is 5.56 Å². The Balaban J connectivity index is 1.76. The summed E-state index contributed by atoms with van der Waals surface area (Å²) in [5.74, 6) is 0.363. The summed E-state index contributed by atoms with van der Waals surface area (Å²) in [5, 5.41) is 0.568. The Morgan fingerprint density at radius 1 is 0.871 bits per heavy atom. The van der Waals surface area contributed by atoms with Crippen molar-refractivity contribution in [3.63, 3.8) is 0 Å². The van der Waals surface area contributed by atoms with Crippen molar-refractivity contribution < 1.29 is 14.3 Å². The van der Waals surface area contributed by atoms with Gasteiger partial charge in [0.15, 0.2) is 0 Å². The predicted octanol–water partition coefficient (Wildman–Crippen LogP) is 5.96. The van der Waals surface area contributed by atoms with Crippen molar-refractivity contribution in [2.45, 2.75) is 12.7 Å². The van der Waals surface area contributed by atoms with E-state index in [0.29, 0.717) is 44.9 Å². The van der Waals surface area contributed by atoms with E-state index in [1.165, 1.54) is 16.7 Å². The molecule has 0 unspecified atom stereocenters. The minimum Gasteiger partial charge on any atom is -0.492 e. The van der Waals surface area contributed by atoms with E-state index in [9.17, 15) is 9.59 Å². The van der Waals surface area contributed by atoms with E-state index in [1.807, 2.05) is 43.3 Å². The molecule has 0 radical (unpaired) electrons. The van der Waals surface area contributed by atoms with Crippen LogP contribution in [-0.2, 0) is 15.3 Å². The quantitative estimate of drug-likeness (QED) is 0.418. The predicted molar refractivity (Wildman–Crippen MR) is 126 cm³/mol. The SMILES string of the molecule is CCOc1ccccc1N1C(=O)C(SCc2ccccc2)=C(c2ccc(Cl)cc2)C1=O. The third-order valence-electron chi connectivity index (χ3n) is 4.81. The third kappa shape index (κ3) is 4.38. The molecule has 1 heterocycles. The van der Waals surface area contributed by atoms with Crippen molar-refractivity contribution in [3.8, 4) is 5.75 Å². The Morgan fingerprint density at radius 2 is 1.55 bits per heavy atom. The van der Waals surface area contributed by atoms with Gasteiger partial charge in [0.2, 0.25) is 0 Å². The molecule has 1 aliphatic rings. The lowest BCUT2D eigenvalue weighted by Crippen LogP contribution is -2.31. The first-order valence-electron chi connectivity index (χ1n) is 9.87. The van der Waals surface area contributed by atoms with Crippen LogP contribution in [0.4, 0.5) is 5.69 Å². The number of rotatable bonds is 7. The highest BCUT2D eigenvalue weighted by Crippen LogP contribution is 2.42. The fraction of sp³-hybridized carbons (Fsp3) is 0.120.